The van der Waals surface area contributed by atoms with Crippen molar-refractivity contribution in [3.05, 3.63) is 35.9 Å². The predicted octanol–water partition coefficient (Wildman–Crippen LogP) is 3.62. The van der Waals surface area contributed by atoms with Crippen LogP contribution in [0.3, 0.4) is 0 Å². The molecule has 0 unspecified atom stereocenters. The van der Waals surface area contributed by atoms with E-state index < -0.39 is 0 Å². The van der Waals surface area contributed by atoms with Crippen molar-refractivity contribution in [2.75, 3.05) is 91.7 Å². The fraction of sp³-hybridized carbons (Fsp3) is 0.679. The Hall–Kier alpha value is -2.21. The Morgan fingerprint density at radius 3 is 2.05 bits per heavy atom. The van der Waals surface area contributed by atoms with Crippen LogP contribution in [0.15, 0.2) is 30.4 Å². The zero-order chi connectivity index (χ0) is 27.7. The maximum atomic E-state index is 11.2. The van der Waals surface area contributed by atoms with Crippen molar-refractivity contribution in [3.8, 4) is 5.75 Å². The quantitative estimate of drug-likeness (QED) is 0.112. The summed E-state index contributed by atoms with van der Waals surface area (Å²) < 4.78 is 43.3. The lowest BCUT2D eigenvalue weighted by atomic mass is 10.2. The minimum absolute atomic E-state index is 0.165. The van der Waals surface area contributed by atoms with Crippen LogP contribution in [0, 0.1) is 0 Å². The van der Waals surface area contributed by atoms with Gasteiger partial charge in [-0.1, -0.05) is 12.2 Å². The second kappa shape index (κ2) is 23.9. The van der Waals surface area contributed by atoms with Crippen molar-refractivity contribution in [2.45, 2.75) is 39.8 Å². The number of anilines is 1. The van der Waals surface area contributed by atoms with E-state index in [1.54, 1.807) is 7.11 Å². The molecule has 1 N–H and O–H groups in total. The van der Waals surface area contributed by atoms with E-state index in [1.807, 2.05) is 30.4 Å². The highest BCUT2D eigenvalue weighted by Gasteiger charge is 2.08. The number of esters is 1. The van der Waals surface area contributed by atoms with E-state index in [0.29, 0.717) is 91.1 Å². The van der Waals surface area contributed by atoms with Gasteiger partial charge in [0.25, 0.3) is 0 Å². The fourth-order valence-electron chi connectivity index (χ4n) is 3.01. The van der Waals surface area contributed by atoms with Gasteiger partial charge in [0.2, 0.25) is 0 Å². The summed E-state index contributed by atoms with van der Waals surface area (Å²) in [6.07, 6.45) is 4.89. The minimum atomic E-state index is -0.331. The summed E-state index contributed by atoms with van der Waals surface area (Å²) in [4.78, 5) is 11.2. The molecule has 0 aromatic heterocycles. The largest absolute Gasteiger partial charge is 0.491 e. The summed E-state index contributed by atoms with van der Waals surface area (Å²) in [6, 6.07) is 6.04. The average Bonchev–Trinajstić information content (AvgIpc) is 2.88. The van der Waals surface area contributed by atoms with Crippen LogP contribution < -0.4 is 10.1 Å². The molecule has 0 aliphatic heterocycles. The van der Waals surface area contributed by atoms with Crippen LogP contribution >= 0.6 is 0 Å². The van der Waals surface area contributed by atoms with Crippen molar-refractivity contribution in [2.24, 2.45) is 0 Å². The lowest BCUT2D eigenvalue weighted by Gasteiger charge is -2.16. The SMILES string of the molecule is COCCOCC/C=C/COCCOCCOCCOCCOc1cc(NC(C)C)ccc1COC(C)=O. The van der Waals surface area contributed by atoms with Crippen LogP contribution in [0.4, 0.5) is 5.69 Å². The zero-order valence-electron chi connectivity index (χ0n) is 23.5. The first-order valence-electron chi connectivity index (χ1n) is 13.2. The number of nitrogens with one attached hydrogen (secondary N) is 1. The van der Waals surface area contributed by atoms with Gasteiger partial charge in [0.15, 0.2) is 0 Å². The highest BCUT2D eigenvalue weighted by molar-refractivity contribution is 5.66. The molecule has 0 bridgehead atoms. The Kier molecular flexibility index (Phi) is 21.2. The number of carbonyl (C=O) groups is 1. The molecular weight excluding hydrogens is 494 g/mol. The van der Waals surface area contributed by atoms with E-state index in [4.69, 9.17) is 37.9 Å². The van der Waals surface area contributed by atoms with Gasteiger partial charge in [0.1, 0.15) is 19.0 Å². The molecule has 0 spiro atoms. The molecule has 0 saturated heterocycles. The number of carbonyl (C=O) groups excluding carboxylic acids is 1. The van der Waals surface area contributed by atoms with Crippen LogP contribution in [-0.2, 0) is 44.6 Å². The Morgan fingerprint density at radius 1 is 0.816 bits per heavy atom. The molecule has 0 fully saturated rings. The molecule has 1 aromatic rings. The van der Waals surface area contributed by atoms with E-state index in [2.05, 4.69) is 19.2 Å². The van der Waals surface area contributed by atoms with Gasteiger partial charge in [-0.2, -0.15) is 0 Å². The number of hydrogen-bond acceptors (Lipinski definition) is 10. The summed E-state index contributed by atoms with van der Waals surface area (Å²) in [5.41, 5.74) is 1.75. The molecule has 0 aliphatic rings. The molecule has 10 heteroatoms. The smallest absolute Gasteiger partial charge is 0.302 e. The summed E-state index contributed by atoms with van der Waals surface area (Å²) >= 11 is 0. The van der Waals surface area contributed by atoms with Gasteiger partial charge in [0, 0.05) is 37.4 Å². The molecule has 1 rings (SSSR count). The van der Waals surface area contributed by atoms with E-state index in [9.17, 15) is 4.79 Å². The van der Waals surface area contributed by atoms with Gasteiger partial charge in [-0.3, -0.25) is 4.79 Å². The third-order valence-corrected chi connectivity index (χ3v) is 4.80. The Balaban J connectivity index is 2.00. The maximum Gasteiger partial charge on any atom is 0.302 e. The van der Waals surface area contributed by atoms with E-state index >= 15 is 0 Å². The molecule has 1 aromatic carbocycles. The second-order valence-electron chi connectivity index (χ2n) is 8.53. The number of rotatable bonds is 25. The standard InChI is InChI=1S/C28H47NO9/c1-24(2)29-27-9-8-26(23-38-25(3)30)28(22-27)37-21-20-36-19-18-35-17-16-34-15-14-33-11-7-5-6-10-32-13-12-31-4/h5,7-9,22,24,29H,6,10-21,23H2,1-4H3/b7-5+. The van der Waals surface area contributed by atoms with Crippen molar-refractivity contribution in [1.29, 1.82) is 0 Å². The lowest BCUT2D eigenvalue weighted by molar-refractivity contribution is -0.142. The summed E-state index contributed by atoms with van der Waals surface area (Å²) in [7, 11) is 1.66. The van der Waals surface area contributed by atoms with Gasteiger partial charge >= 0.3 is 5.97 Å². The first-order valence-corrected chi connectivity index (χ1v) is 13.2. The number of benzene rings is 1. The highest BCUT2D eigenvalue weighted by Crippen LogP contribution is 2.25. The topological polar surface area (TPSA) is 103 Å². The fourth-order valence-corrected chi connectivity index (χ4v) is 3.01. The van der Waals surface area contributed by atoms with E-state index in [0.717, 1.165) is 17.7 Å². The third-order valence-electron chi connectivity index (χ3n) is 4.80. The van der Waals surface area contributed by atoms with Crippen molar-refractivity contribution in [3.63, 3.8) is 0 Å². The Morgan fingerprint density at radius 2 is 1.42 bits per heavy atom. The van der Waals surface area contributed by atoms with Crippen LogP contribution in [0.2, 0.25) is 0 Å². The van der Waals surface area contributed by atoms with E-state index in [1.165, 1.54) is 6.92 Å². The Bertz CT molecular complexity index is 743. The molecule has 0 aliphatic carbocycles. The van der Waals surface area contributed by atoms with Crippen LogP contribution in [0.5, 0.6) is 5.75 Å². The predicted molar refractivity (Wildman–Crippen MR) is 146 cm³/mol. The van der Waals surface area contributed by atoms with Gasteiger partial charge in [0.05, 0.1) is 72.7 Å². The molecule has 0 radical (unpaired) electrons. The molecule has 0 heterocycles. The van der Waals surface area contributed by atoms with Gasteiger partial charge in [-0.05, 0) is 32.4 Å². The summed E-state index contributed by atoms with van der Waals surface area (Å²) in [5.74, 6) is 0.333. The number of ether oxygens (including phenoxy) is 8. The number of hydrogen-bond donors (Lipinski definition) is 1. The van der Waals surface area contributed by atoms with Crippen LogP contribution in [0.1, 0.15) is 32.8 Å². The first kappa shape index (κ1) is 33.8. The van der Waals surface area contributed by atoms with Gasteiger partial charge in [-0.15, -0.1) is 0 Å². The molecule has 0 saturated carbocycles. The summed E-state index contributed by atoms with van der Waals surface area (Å²) in [5, 5.41) is 3.34. The molecule has 38 heavy (non-hydrogen) atoms. The maximum absolute atomic E-state index is 11.2. The van der Waals surface area contributed by atoms with Crippen LogP contribution in [0.25, 0.3) is 0 Å². The lowest BCUT2D eigenvalue weighted by Crippen LogP contribution is -2.14. The van der Waals surface area contributed by atoms with Gasteiger partial charge in [-0.25, -0.2) is 0 Å². The number of methoxy groups -OCH3 is 1. The average molecular weight is 542 g/mol. The Labute approximate surface area is 227 Å². The molecular formula is C28H47NO9. The second-order valence-corrected chi connectivity index (χ2v) is 8.53. The molecule has 218 valence electrons. The molecule has 10 nitrogen and oxygen atoms in total. The molecule has 0 amide bonds. The minimum Gasteiger partial charge on any atom is -0.491 e. The first-order chi connectivity index (χ1) is 18.5. The highest BCUT2D eigenvalue weighted by atomic mass is 16.6. The molecule has 0 atom stereocenters. The van der Waals surface area contributed by atoms with Crippen molar-refractivity contribution in [1.82, 2.24) is 0 Å². The third kappa shape index (κ3) is 19.8. The van der Waals surface area contributed by atoms with E-state index in [-0.39, 0.29) is 12.6 Å². The van der Waals surface area contributed by atoms with Crippen LogP contribution in [-0.4, -0.2) is 98.4 Å². The van der Waals surface area contributed by atoms with Crippen molar-refractivity contribution >= 4 is 11.7 Å². The van der Waals surface area contributed by atoms with Gasteiger partial charge < -0.3 is 43.2 Å². The monoisotopic (exact) mass is 541 g/mol. The summed E-state index contributed by atoms with van der Waals surface area (Å²) in [6.45, 7) is 12.0. The zero-order valence-corrected chi connectivity index (χ0v) is 23.5. The van der Waals surface area contributed by atoms with Crippen molar-refractivity contribution < 1.29 is 42.7 Å². The normalized spacial score (nSPS) is 11.4.